The van der Waals surface area contributed by atoms with Crippen molar-refractivity contribution in [3.8, 4) is 5.75 Å². The lowest BCUT2D eigenvalue weighted by atomic mass is 9.93. The van der Waals surface area contributed by atoms with Crippen LogP contribution in [-0.4, -0.2) is 23.9 Å². The highest BCUT2D eigenvalue weighted by Crippen LogP contribution is 2.31. The zero-order valence-electron chi connectivity index (χ0n) is 13.1. The molecule has 1 aromatic carbocycles. The minimum atomic E-state index is 0.147. The normalized spacial score (nSPS) is 12.5. The number of benzene rings is 1. The van der Waals surface area contributed by atoms with Crippen LogP contribution in [0.5, 0.6) is 5.75 Å². The van der Waals surface area contributed by atoms with Crippen molar-refractivity contribution in [2.45, 2.75) is 26.8 Å². The van der Waals surface area contributed by atoms with E-state index in [2.05, 4.69) is 43.3 Å². The minimum Gasteiger partial charge on any atom is -0.496 e. The Morgan fingerprint density at radius 2 is 1.85 bits per heavy atom. The van der Waals surface area contributed by atoms with E-state index in [1.165, 1.54) is 22.4 Å². The quantitative estimate of drug-likeness (QED) is 0.931. The van der Waals surface area contributed by atoms with Crippen LogP contribution in [0, 0.1) is 20.8 Å². The highest BCUT2D eigenvalue weighted by Gasteiger charge is 2.20. The minimum absolute atomic E-state index is 0.147. The molecule has 0 bridgehead atoms. The molecule has 4 nitrogen and oxygen atoms in total. The molecule has 4 heteroatoms. The molecule has 0 aliphatic carbocycles. The molecular weight excluding hydrogens is 250 g/mol. The first kappa shape index (κ1) is 14.6. The molecule has 1 N–H and O–H groups in total. The van der Waals surface area contributed by atoms with E-state index in [4.69, 9.17) is 4.74 Å². The summed E-state index contributed by atoms with van der Waals surface area (Å²) in [4.78, 5) is 0. The van der Waals surface area contributed by atoms with Gasteiger partial charge in [-0.1, -0.05) is 6.07 Å². The third-order valence-electron chi connectivity index (χ3n) is 3.97. The van der Waals surface area contributed by atoms with Crippen molar-refractivity contribution in [3.63, 3.8) is 0 Å². The summed E-state index contributed by atoms with van der Waals surface area (Å²) in [5.74, 6) is 0.934. The molecule has 1 unspecified atom stereocenters. The predicted octanol–water partition coefficient (Wildman–Crippen LogP) is 2.66. The fraction of sp³-hybridized carbons (Fsp3) is 0.438. The lowest BCUT2D eigenvalue weighted by Crippen LogP contribution is -2.19. The van der Waals surface area contributed by atoms with Gasteiger partial charge in [0, 0.05) is 18.3 Å². The number of aromatic nitrogens is 2. The molecule has 1 atom stereocenters. The van der Waals surface area contributed by atoms with Crippen LogP contribution in [0.1, 0.15) is 34.0 Å². The van der Waals surface area contributed by atoms with Gasteiger partial charge in [-0.3, -0.25) is 4.68 Å². The van der Waals surface area contributed by atoms with Gasteiger partial charge in [0.05, 0.1) is 19.3 Å². The van der Waals surface area contributed by atoms with E-state index in [9.17, 15) is 0 Å². The number of hydrogen-bond acceptors (Lipinski definition) is 3. The Hall–Kier alpha value is -1.81. The first-order chi connectivity index (χ1) is 9.49. The lowest BCUT2D eigenvalue weighted by Gasteiger charge is -2.20. The Morgan fingerprint density at radius 1 is 1.15 bits per heavy atom. The Morgan fingerprint density at radius 3 is 2.35 bits per heavy atom. The molecule has 0 aliphatic rings. The second kappa shape index (κ2) is 5.67. The zero-order valence-corrected chi connectivity index (χ0v) is 13.1. The molecule has 0 amide bonds. The van der Waals surface area contributed by atoms with Gasteiger partial charge in [0.1, 0.15) is 5.75 Å². The van der Waals surface area contributed by atoms with Gasteiger partial charge in [0.2, 0.25) is 0 Å². The molecular formula is C16H23N3O. The largest absolute Gasteiger partial charge is 0.496 e. The van der Waals surface area contributed by atoms with Crippen molar-refractivity contribution >= 4 is 0 Å². The zero-order chi connectivity index (χ0) is 14.9. The van der Waals surface area contributed by atoms with Gasteiger partial charge in [-0.15, -0.1) is 0 Å². The fourth-order valence-corrected chi connectivity index (χ4v) is 2.62. The molecule has 0 spiro atoms. The van der Waals surface area contributed by atoms with Gasteiger partial charge < -0.3 is 10.1 Å². The maximum absolute atomic E-state index is 5.39. The monoisotopic (exact) mass is 273 g/mol. The predicted molar refractivity (Wildman–Crippen MR) is 81.3 cm³/mol. The second-order valence-corrected chi connectivity index (χ2v) is 5.21. The summed E-state index contributed by atoms with van der Waals surface area (Å²) in [7, 11) is 5.66. The molecule has 108 valence electrons. The molecule has 0 fully saturated rings. The number of methoxy groups -OCH3 is 1. The molecule has 0 radical (unpaired) electrons. The summed E-state index contributed by atoms with van der Waals surface area (Å²) < 4.78 is 7.30. The smallest absolute Gasteiger partial charge is 0.122 e. The number of ether oxygens (including phenoxy) is 1. The molecule has 2 aromatic rings. The first-order valence-electron chi connectivity index (χ1n) is 6.80. The highest BCUT2D eigenvalue weighted by atomic mass is 16.5. The van der Waals surface area contributed by atoms with E-state index in [-0.39, 0.29) is 6.04 Å². The van der Waals surface area contributed by atoms with Crippen molar-refractivity contribution < 1.29 is 4.74 Å². The molecule has 2 rings (SSSR count). The number of rotatable bonds is 4. The van der Waals surface area contributed by atoms with Gasteiger partial charge in [-0.2, -0.15) is 5.10 Å². The van der Waals surface area contributed by atoms with Crippen molar-refractivity contribution in [2.75, 3.05) is 14.2 Å². The van der Waals surface area contributed by atoms with E-state index < -0.39 is 0 Å². The third-order valence-corrected chi connectivity index (χ3v) is 3.97. The van der Waals surface area contributed by atoms with E-state index in [1.807, 2.05) is 25.0 Å². The Labute approximate surface area is 120 Å². The van der Waals surface area contributed by atoms with E-state index in [0.29, 0.717) is 0 Å². The Kier molecular flexibility index (Phi) is 4.14. The number of nitrogens with one attached hydrogen (secondary N) is 1. The molecule has 20 heavy (non-hydrogen) atoms. The van der Waals surface area contributed by atoms with Crippen LogP contribution >= 0.6 is 0 Å². The van der Waals surface area contributed by atoms with Crippen LogP contribution in [-0.2, 0) is 7.05 Å². The van der Waals surface area contributed by atoms with Crippen LogP contribution < -0.4 is 10.1 Å². The summed E-state index contributed by atoms with van der Waals surface area (Å²) in [5.41, 5.74) is 6.02. The van der Waals surface area contributed by atoms with E-state index in [1.54, 1.807) is 7.11 Å². The topological polar surface area (TPSA) is 39.1 Å². The van der Waals surface area contributed by atoms with Gasteiger partial charge in [0.25, 0.3) is 0 Å². The van der Waals surface area contributed by atoms with Crippen molar-refractivity contribution in [2.24, 2.45) is 7.05 Å². The summed E-state index contributed by atoms with van der Waals surface area (Å²) in [5, 5.41) is 7.75. The second-order valence-electron chi connectivity index (χ2n) is 5.21. The lowest BCUT2D eigenvalue weighted by molar-refractivity contribution is 0.411. The van der Waals surface area contributed by atoms with Gasteiger partial charge in [-0.25, -0.2) is 0 Å². The van der Waals surface area contributed by atoms with Crippen LogP contribution in [0.15, 0.2) is 18.3 Å². The van der Waals surface area contributed by atoms with E-state index >= 15 is 0 Å². The number of nitrogens with zero attached hydrogens (tertiary/aromatic N) is 2. The molecule has 0 saturated carbocycles. The van der Waals surface area contributed by atoms with Gasteiger partial charge >= 0.3 is 0 Å². The van der Waals surface area contributed by atoms with Crippen molar-refractivity contribution in [3.05, 3.63) is 46.3 Å². The number of hydrogen-bond donors (Lipinski definition) is 1. The van der Waals surface area contributed by atoms with E-state index in [0.717, 1.165) is 11.3 Å². The standard InChI is InChI=1S/C16H23N3O/c1-10-8-15(20-6)11(2)7-13(10)16(17-4)14-9-18-19(5)12(14)3/h7-9,16-17H,1-6H3. The maximum Gasteiger partial charge on any atom is 0.122 e. The number of aryl methyl sites for hydroxylation is 3. The maximum atomic E-state index is 5.39. The van der Waals surface area contributed by atoms with Crippen LogP contribution in [0.2, 0.25) is 0 Å². The average Bonchev–Trinajstić information content (AvgIpc) is 2.75. The SMILES string of the molecule is CNC(c1cc(C)c(OC)cc1C)c1cnn(C)c1C. The fourth-order valence-electron chi connectivity index (χ4n) is 2.62. The average molecular weight is 273 g/mol. The molecule has 0 saturated heterocycles. The molecule has 1 heterocycles. The molecule has 1 aromatic heterocycles. The van der Waals surface area contributed by atoms with Crippen LogP contribution in [0.4, 0.5) is 0 Å². The van der Waals surface area contributed by atoms with Gasteiger partial charge in [0.15, 0.2) is 0 Å². The van der Waals surface area contributed by atoms with Crippen LogP contribution in [0.3, 0.4) is 0 Å². The first-order valence-corrected chi connectivity index (χ1v) is 6.80. The van der Waals surface area contributed by atoms with Crippen molar-refractivity contribution in [1.29, 1.82) is 0 Å². The highest BCUT2D eigenvalue weighted by molar-refractivity contribution is 5.46. The summed E-state index contributed by atoms with van der Waals surface area (Å²) in [6.45, 7) is 6.29. The van der Waals surface area contributed by atoms with Crippen molar-refractivity contribution in [1.82, 2.24) is 15.1 Å². The molecule has 0 aliphatic heterocycles. The Bertz CT molecular complexity index is 616. The Balaban J connectivity index is 2.52. The summed E-state index contributed by atoms with van der Waals surface area (Å²) in [6, 6.07) is 4.44. The van der Waals surface area contributed by atoms with Crippen LogP contribution in [0.25, 0.3) is 0 Å². The van der Waals surface area contributed by atoms with Gasteiger partial charge in [-0.05, 0) is 50.6 Å². The third kappa shape index (κ3) is 2.43. The summed E-state index contributed by atoms with van der Waals surface area (Å²) >= 11 is 0. The summed E-state index contributed by atoms with van der Waals surface area (Å²) in [6.07, 6.45) is 1.94.